The number of halogens is 1. The molecule has 0 radical (unpaired) electrons. The highest BCUT2D eigenvalue weighted by atomic mass is 35.5. The first-order valence-corrected chi connectivity index (χ1v) is 6.73. The van der Waals surface area contributed by atoms with Crippen molar-refractivity contribution in [2.75, 3.05) is 26.3 Å². The molecule has 0 spiro atoms. The minimum atomic E-state index is -0.433. The van der Waals surface area contributed by atoms with Gasteiger partial charge in [-0.15, -0.1) is 11.6 Å². The molecule has 1 rings (SSSR count). The van der Waals surface area contributed by atoms with Crippen LogP contribution in [-0.2, 0) is 14.3 Å². The van der Waals surface area contributed by atoms with Gasteiger partial charge in [0.2, 0.25) is 5.91 Å². The van der Waals surface area contributed by atoms with Gasteiger partial charge < -0.3 is 14.4 Å². The van der Waals surface area contributed by atoms with Crippen molar-refractivity contribution < 1.29 is 14.3 Å². The first-order chi connectivity index (χ1) is 8.13. The van der Waals surface area contributed by atoms with Gasteiger partial charge in [-0.05, 0) is 20.3 Å². The van der Waals surface area contributed by atoms with Crippen LogP contribution in [0.3, 0.4) is 0 Å². The van der Waals surface area contributed by atoms with E-state index in [4.69, 9.17) is 21.1 Å². The molecule has 3 atom stereocenters. The molecule has 1 heterocycles. The molecule has 5 heteroatoms. The zero-order chi connectivity index (χ0) is 12.8. The van der Waals surface area contributed by atoms with Crippen LogP contribution in [0.4, 0.5) is 0 Å². The maximum atomic E-state index is 12.0. The van der Waals surface area contributed by atoms with Gasteiger partial charge in [0.25, 0.3) is 0 Å². The lowest BCUT2D eigenvalue weighted by Gasteiger charge is -2.18. The molecule has 4 nitrogen and oxygen atoms in total. The van der Waals surface area contributed by atoms with Crippen LogP contribution >= 0.6 is 11.6 Å². The van der Waals surface area contributed by atoms with Crippen LogP contribution in [0.1, 0.15) is 27.2 Å². The Kier molecular flexibility index (Phi) is 6.23. The Morgan fingerprint density at radius 2 is 1.71 bits per heavy atom. The average Bonchev–Trinajstić information content (AvgIpc) is 2.72. The maximum Gasteiger partial charge on any atom is 0.240 e. The molecule has 0 aromatic heterocycles. The fourth-order valence-electron chi connectivity index (χ4n) is 2.04. The summed E-state index contributed by atoms with van der Waals surface area (Å²) in [7, 11) is 0. The quantitative estimate of drug-likeness (QED) is 0.684. The third-order valence-corrected chi connectivity index (χ3v) is 3.41. The number of carbonyl (C=O) groups excluding carboxylic acids is 1. The molecular formula is C12H22ClNO3. The summed E-state index contributed by atoms with van der Waals surface area (Å²) in [5.41, 5.74) is 0. The van der Waals surface area contributed by atoms with E-state index in [1.165, 1.54) is 0 Å². The van der Waals surface area contributed by atoms with E-state index in [9.17, 15) is 4.79 Å². The van der Waals surface area contributed by atoms with Crippen LogP contribution in [0.2, 0.25) is 0 Å². The largest absolute Gasteiger partial charge is 0.374 e. The summed E-state index contributed by atoms with van der Waals surface area (Å²) in [4.78, 5) is 13.7. The van der Waals surface area contributed by atoms with Gasteiger partial charge in [0.1, 0.15) is 17.6 Å². The third-order valence-electron chi connectivity index (χ3n) is 2.91. The molecule has 1 aliphatic rings. The standard InChI is InChI=1S/C12H22ClNO3/c1-4-9(13)12(15)14-7-10(16-5-2)11(8-14)17-6-3/h9-11H,4-8H2,1-3H3. The van der Waals surface area contributed by atoms with Crippen molar-refractivity contribution in [1.82, 2.24) is 4.90 Å². The van der Waals surface area contributed by atoms with Crippen LogP contribution in [-0.4, -0.2) is 54.7 Å². The highest BCUT2D eigenvalue weighted by Crippen LogP contribution is 2.19. The SMILES string of the molecule is CCOC1CN(C(=O)C(Cl)CC)CC1OCC. The summed E-state index contributed by atoms with van der Waals surface area (Å²) in [6.07, 6.45) is 0.601. The zero-order valence-electron chi connectivity index (χ0n) is 10.8. The van der Waals surface area contributed by atoms with Crippen molar-refractivity contribution in [2.24, 2.45) is 0 Å². The van der Waals surface area contributed by atoms with Gasteiger partial charge in [0, 0.05) is 26.3 Å². The summed E-state index contributed by atoms with van der Waals surface area (Å²) in [5, 5.41) is -0.433. The molecule has 0 aromatic carbocycles. The molecule has 3 unspecified atom stereocenters. The van der Waals surface area contributed by atoms with Crippen molar-refractivity contribution in [3.05, 3.63) is 0 Å². The Bertz CT molecular complexity index is 236. The van der Waals surface area contributed by atoms with Gasteiger partial charge in [-0.2, -0.15) is 0 Å². The Morgan fingerprint density at radius 3 is 2.06 bits per heavy atom. The fraction of sp³-hybridized carbons (Fsp3) is 0.917. The van der Waals surface area contributed by atoms with Gasteiger partial charge in [-0.1, -0.05) is 6.92 Å². The molecule has 0 bridgehead atoms. The summed E-state index contributed by atoms with van der Waals surface area (Å²) in [6.45, 7) is 8.24. The lowest BCUT2D eigenvalue weighted by atomic mass is 10.2. The summed E-state index contributed by atoms with van der Waals surface area (Å²) < 4.78 is 11.2. The Morgan fingerprint density at radius 1 is 1.24 bits per heavy atom. The minimum absolute atomic E-state index is 0.0129. The number of nitrogens with zero attached hydrogens (tertiary/aromatic N) is 1. The van der Waals surface area contributed by atoms with E-state index in [1.807, 2.05) is 20.8 Å². The van der Waals surface area contributed by atoms with Crippen molar-refractivity contribution in [3.63, 3.8) is 0 Å². The lowest BCUT2D eigenvalue weighted by molar-refractivity contribution is -0.130. The predicted molar refractivity (Wildman–Crippen MR) is 67.3 cm³/mol. The van der Waals surface area contributed by atoms with E-state index in [-0.39, 0.29) is 18.1 Å². The van der Waals surface area contributed by atoms with Gasteiger partial charge >= 0.3 is 0 Å². The van der Waals surface area contributed by atoms with Gasteiger partial charge in [-0.25, -0.2) is 0 Å². The van der Waals surface area contributed by atoms with Crippen molar-refractivity contribution in [1.29, 1.82) is 0 Å². The third kappa shape index (κ3) is 3.83. The first kappa shape index (κ1) is 14.7. The molecule has 0 aromatic rings. The highest BCUT2D eigenvalue weighted by molar-refractivity contribution is 6.30. The second-order valence-electron chi connectivity index (χ2n) is 4.11. The second kappa shape index (κ2) is 7.19. The molecule has 1 saturated heterocycles. The molecule has 1 amide bonds. The highest BCUT2D eigenvalue weighted by Gasteiger charge is 2.37. The minimum Gasteiger partial charge on any atom is -0.374 e. The Balaban J connectivity index is 2.58. The van der Waals surface area contributed by atoms with E-state index >= 15 is 0 Å². The molecule has 1 aliphatic heterocycles. The average molecular weight is 264 g/mol. The predicted octanol–water partition coefficient (Wildman–Crippen LogP) is 1.66. The number of carbonyl (C=O) groups is 1. The number of ether oxygens (including phenoxy) is 2. The zero-order valence-corrected chi connectivity index (χ0v) is 11.6. The molecule has 0 aliphatic carbocycles. The van der Waals surface area contributed by atoms with Crippen molar-refractivity contribution in [2.45, 2.75) is 44.8 Å². The maximum absolute atomic E-state index is 12.0. The van der Waals surface area contributed by atoms with E-state index in [0.29, 0.717) is 32.7 Å². The van der Waals surface area contributed by atoms with Crippen LogP contribution in [0, 0.1) is 0 Å². The molecule has 0 saturated carbocycles. The van der Waals surface area contributed by atoms with Crippen LogP contribution in [0.25, 0.3) is 0 Å². The number of hydrogen-bond donors (Lipinski definition) is 0. The molecular weight excluding hydrogens is 242 g/mol. The van der Waals surface area contributed by atoms with Gasteiger partial charge in [-0.3, -0.25) is 4.79 Å². The smallest absolute Gasteiger partial charge is 0.240 e. The van der Waals surface area contributed by atoms with Crippen LogP contribution < -0.4 is 0 Å². The Hall–Kier alpha value is -0.320. The number of likely N-dealkylation sites (tertiary alicyclic amines) is 1. The molecule has 0 N–H and O–H groups in total. The molecule has 17 heavy (non-hydrogen) atoms. The monoisotopic (exact) mass is 263 g/mol. The lowest BCUT2D eigenvalue weighted by Crippen LogP contribution is -2.35. The molecule has 1 fully saturated rings. The Labute approximate surface area is 108 Å². The van der Waals surface area contributed by atoms with E-state index < -0.39 is 5.38 Å². The van der Waals surface area contributed by atoms with E-state index in [1.54, 1.807) is 4.90 Å². The molecule has 100 valence electrons. The number of rotatable bonds is 6. The summed E-state index contributed by atoms with van der Waals surface area (Å²) >= 11 is 5.97. The second-order valence-corrected chi connectivity index (χ2v) is 4.63. The van der Waals surface area contributed by atoms with Gasteiger partial charge in [0.15, 0.2) is 0 Å². The van der Waals surface area contributed by atoms with Crippen LogP contribution in [0.15, 0.2) is 0 Å². The normalized spacial score (nSPS) is 26.2. The summed E-state index contributed by atoms with van der Waals surface area (Å²) in [5.74, 6) is -0.0129. The number of alkyl halides is 1. The fourth-order valence-corrected chi connectivity index (χ4v) is 2.18. The topological polar surface area (TPSA) is 38.8 Å². The van der Waals surface area contributed by atoms with Gasteiger partial charge in [0.05, 0.1) is 0 Å². The van der Waals surface area contributed by atoms with E-state index in [0.717, 1.165) is 0 Å². The summed E-state index contributed by atoms with van der Waals surface area (Å²) in [6, 6.07) is 0. The van der Waals surface area contributed by atoms with Crippen LogP contribution in [0.5, 0.6) is 0 Å². The van der Waals surface area contributed by atoms with Crippen molar-refractivity contribution >= 4 is 17.5 Å². The number of hydrogen-bond acceptors (Lipinski definition) is 3. The number of amides is 1. The van der Waals surface area contributed by atoms with E-state index in [2.05, 4.69) is 0 Å². The van der Waals surface area contributed by atoms with Crippen molar-refractivity contribution in [3.8, 4) is 0 Å². The first-order valence-electron chi connectivity index (χ1n) is 6.30.